The van der Waals surface area contributed by atoms with E-state index in [1.165, 1.54) is 25.0 Å². The Morgan fingerprint density at radius 3 is 2.29 bits per heavy atom. The van der Waals surface area contributed by atoms with E-state index in [0.717, 1.165) is 56.6 Å². The third-order valence-corrected chi connectivity index (χ3v) is 8.08. The highest BCUT2D eigenvalue weighted by Crippen LogP contribution is 2.46. The topological polar surface area (TPSA) is 41.4 Å². The van der Waals surface area contributed by atoms with E-state index in [-0.39, 0.29) is 23.9 Å². The average molecular weight is 509 g/mol. The maximum absolute atomic E-state index is 13.8. The molecule has 4 fully saturated rings. The number of aromatic nitrogens is 2. The summed E-state index contributed by atoms with van der Waals surface area (Å²) in [6, 6.07) is 6.21. The first kappa shape index (κ1) is 24.6. The Kier molecular flexibility index (Phi) is 6.64. The van der Waals surface area contributed by atoms with Crippen molar-refractivity contribution in [2.75, 3.05) is 19.6 Å². The Morgan fingerprint density at radius 1 is 0.914 bits per heavy atom. The summed E-state index contributed by atoms with van der Waals surface area (Å²) in [4.78, 5) is 18.0. The van der Waals surface area contributed by atoms with E-state index >= 15 is 0 Å². The maximum atomic E-state index is 13.8. The number of hydrogen-bond donors (Lipinski definition) is 0. The summed E-state index contributed by atoms with van der Waals surface area (Å²) in [5, 5.41) is 4.70. The molecule has 2 aliphatic heterocycles. The van der Waals surface area contributed by atoms with Gasteiger partial charge in [-0.15, -0.1) is 12.4 Å². The van der Waals surface area contributed by atoms with Crippen molar-refractivity contribution in [3.63, 3.8) is 0 Å². The summed E-state index contributed by atoms with van der Waals surface area (Å²) in [5.41, 5.74) is 1.18. The van der Waals surface area contributed by atoms with Gasteiger partial charge in [-0.2, -0.15) is 18.3 Å². The van der Waals surface area contributed by atoms with Crippen LogP contribution < -0.4 is 0 Å². The molecule has 2 saturated heterocycles. The van der Waals surface area contributed by atoms with Crippen molar-refractivity contribution in [1.82, 2.24) is 19.6 Å². The molecule has 0 radical (unpaired) electrons. The minimum absolute atomic E-state index is 0. The molecule has 9 heteroatoms. The molecule has 0 spiro atoms. The molecule has 190 valence electrons. The lowest BCUT2D eigenvalue weighted by molar-refractivity contribution is -0.138. The molecule has 1 aromatic carbocycles. The lowest BCUT2D eigenvalue weighted by Crippen LogP contribution is -2.37. The normalized spacial score (nSPS) is 24.0. The second-order valence-corrected chi connectivity index (χ2v) is 10.4. The molecular weight excluding hydrogens is 477 g/mol. The minimum atomic E-state index is -4.44. The predicted molar refractivity (Wildman–Crippen MR) is 129 cm³/mol. The summed E-state index contributed by atoms with van der Waals surface area (Å²) in [6.45, 7) is 2.63. The van der Waals surface area contributed by atoms with Gasteiger partial charge in [-0.25, -0.2) is 0 Å². The van der Waals surface area contributed by atoms with Crippen molar-refractivity contribution in [3.8, 4) is 0 Å². The lowest BCUT2D eigenvalue weighted by Gasteiger charge is -2.33. The van der Waals surface area contributed by atoms with Crippen LogP contribution in [0.4, 0.5) is 13.2 Å². The third-order valence-electron chi connectivity index (χ3n) is 8.08. The number of alkyl halides is 3. The van der Waals surface area contributed by atoms with Crippen LogP contribution in [-0.4, -0.2) is 51.2 Å². The van der Waals surface area contributed by atoms with E-state index in [1.54, 1.807) is 17.2 Å². The zero-order valence-electron chi connectivity index (χ0n) is 19.7. The van der Waals surface area contributed by atoms with Gasteiger partial charge in [0.05, 0.1) is 35.1 Å². The molecule has 0 bridgehead atoms. The third kappa shape index (κ3) is 4.71. The van der Waals surface area contributed by atoms with Crippen LogP contribution in [0.2, 0.25) is 0 Å². The van der Waals surface area contributed by atoms with Crippen LogP contribution in [0.3, 0.4) is 0 Å². The lowest BCUT2D eigenvalue weighted by atomic mass is 9.97. The molecule has 1 unspecified atom stereocenters. The van der Waals surface area contributed by atoms with Crippen LogP contribution in [0.15, 0.2) is 30.5 Å². The molecule has 6 rings (SSSR count). The molecule has 35 heavy (non-hydrogen) atoms. The molecule has 1 aromatic heterocycles. The number of benzene rings is 1. The van der Waals surface area contributed by atoms with Crippen molar-refractivity contribution >= 4 is 18.3 Å². The molecular formula is C26H32ClF3N4O. The average Bonchev–Trinajstić information content (AvgIpc) is 3.77. The minimum Gasteiger partial charge on any atom is -0.331 e. The van der Waals surface area contributed by atoms with E-state index in [2.05, 4.69) is 9.58 Å². The van der Waals surface area contributed by atoms with Crippen molar-refractivity contribution in [3.05, 3.63) is 52.8 Å². The van der Waals surface area contributed by atoms with Crippen LogP contribution in [0.1, 0.15) is 96.5 Å². The van der Waals surface area contributed by atoms with Crippen molar-refractivity contribution in [2.45, 2.75) is 81.6 Å². The predicted octanol–water partition coefficient (Wildman–Crippen LogP) is 5.98. The number of halogens is 4. The van der Waals surface area contributed by atoms with Gasteiger partial charge in [0.15, 0.2) is 0 Å². The Morgan fingerprint density at radius 2 is 1.63 bits per heavy atom. The van der Waals surface area contributed by atoms with E-state index in [9.17, 15) is 18.0 Å². The summed E-state index contributed by atoms with van der Waals surface area (Å²) < 4.78 is 43.2. The van der Waals surface area contributed by atoms with Crippen molar-refractivity contribution in [1.29, 1.82) is 0 Å². The van der Waals surface area contributed by atoms with Gasteiger partial charge < -0.3 is 9.80 Å². The van der Waals surface area contributed by atoms with Gasteiger partial charge in [0, 0.05) is 31.6 Å². The van der Waals surface area contributed by atoms with Gasteiger partial charge in [0.2, 0.25) is 0 Å². The SMILES string of the molecule is Cl.O=C(c1cnn(C2CCN(C3CC3)CC2)c1C1CC1)N1CCCC1c1ccccc1C(F)(F)F. The molecule has 4 aliphatic rings. The summed E-state index contributed by atoms with van der Waals surface area (Å²) >= 11 is 0. The first-order valence-electron chi connectivity index (χ1n) is 12.7. The standard InChI is InChI=1S/C26H31F3N4O.ClH/c27-26(28,29)22-5-2-1-4-20(22)23-6-3-13-32(23)25(34)21-16-30-33(24(21)17-7-8-17)19-11-14-31(15-12-19)18-9-10-18;/h1-2,4-5,16-19,23H,3,6-15H2;1H. The van der Waals surface area contributed by atoms with Crippen molar-refractivity contribution < 1.29 is 18.0 Å². The number of piperidine rings is 1. The van der Waals surface area contributed by atoms with Crippen LogP contribution in [0.25, 0.3) is 0 Å². The molecule has 2 aromatic rings. The monoisotopic (exact) mass is 508 g/mol. The van der Waals surface area contributed by atoms with E-state index in [4.69, 9.17) is 5.10 Å². The molecule has 5 nitrogen and oxygen atoms in total. The molecule has 1 atom stereocenters. The number of amides is 1. The first-order chi connectivity index (χ1) is 16.4. The van der Waals surface area contributed by atoms with Gasteiger partial charge in [-0.1, -0.05) is 18.2 Å². The highest BCUT2D eigenvalue weighted by Gasteiger charge is 2.42. The summed E-state index contributed by atoms with van der Waals surface area (Å²) in [7, 11) is 0. The molecule has 3 heterocycles. The fraction of sp³-hybridized carbons (Fsp3) is 0.615. The largest absolute Gasteiger partial charge is 0.416 e. The smallest absolute Gasteiger partial charge is 0.331 e. The fourth-order valence-corrected chi connectivity index (χ4v) is 6.06. The number of likely N-dealkylation sites (tertiary alicyclic amines) is 2. The zero-order valence-corrected chi connectivity index (χ0v) is 20.5. The Balaban J connectivity index is 0.00000253. The van der Waals surface area contributed by atoms with Gasteiger partial charge in [0.1, 0.15) is 0 Å². The highest BCUT2D eigenvalue weighted by atomic mass is 35.5. The number of rotatable bonds is 5. The quantitative estimate of drug-likeness (QED) is 0.499. The fourth-order valence-electron chi connectivity index (χ4n) is 6.06. The second-order valence-electron chi connectivity index (χ2n) is 10.4. The summed E-state index contributed by atoms with van der Waals surface area (Å²) in [5.74, 6) is 0.175. The number of nitrogens with zero attached hydrogens (tertiary/aromatic N) is 4. The van der Waals surface area contributed by atoms with E-state index in [1.807, 2.05) is 0 Å². The molecule has 2 aliphatic carbocycles. The first-order valence-corrected chi connectivity index (χ1v) is 12.7. The number of carbonyl (C=O) groups is 1. The van der Waals surface area contributed by atoms with Gasteiger partial charge in [-0.3, -0.25) is 9.48 Å². The Hall–Kier alpha value is -2.06. The summed E-state index contributed by atoms with van der Waals surface area (Å²) in [6.07, 6.45) is 5.30. The van der Waals surface area contributed by atoms with Gasteiger partial charge in [0.25, 0.3) is 5.91 Å². The number of carbonyl (C=O) groups excluding carboxylic acids is 1. The van der Waals surface area contributed by atoms with Crippen LogP contribution >= 0.6 is 12.4 Å². The molecule has 1 amide bonds. The van der Waals surface area contributed by atoms with E-state index < -0.39 is 17.8 Å². The van der Waals surface area contributed by atoms with Crippen LogP contribution in [-0.2, 0) is 6.18 Å². The van der Waals surface area contributed by atoms with Gasteiger partial charge in [-0.05, 0) is 63.0 Å². The molecule has 0 N–H and O–H groups in total. The van der Waals surface area contributed by atoms with Crippen molar-refractivity contribution in [2.24, 2.45) is 0 Å². The van der Waals surface area contributed by atoms with Gasteiger partial charge >= 0.3 is 6.18 Å². The highest BCUT2D eigenvalue weighted by molar-refractivity contribution is 5.96. The van der Waals surface area contributed by atoms with Crippen LogP contribution in [0, 0.1) is 0 Å². The Labute approximate surface area is 210 Å². The maximum Gasteiger partial charge on any atom is 0.416 e. The van der Waals surface area contributed by atoms with Crippen LogP contribution in [0.5, 0.6) is 0 Å². The molecule has 2 saturated carbocycles. The zero-order chi connectivity index (χ0) is 23.4. The number of hydrogen-bond acceptors (Lipinski definition) is 3. The second kappa shape index (κ2) is 9.43. The van der Waals surface area contributed by atoms with E-state index in [0.29, 0.717) is 36.9 Å². The Bertz CT molecular complexity index is 1070.